The molecule has 1 fully saturated rings. The van der Waals surface area contributed by atoms with E-state index in [2.05, 4.69) is 6.07 Å². The van der Waals surface area contributed by atoms with Crippen LogP contribution in [0.1, 0.15) is 37.7 Å². The fraction of sp³-hybridized carbons (Fsp3) is 0.368. The number of carboxylic acids is 1. The lowest BCUT2D eigenvalue weighted by Crippen LogP contribution is -2.30. The summed E-state index contributed by atoms with van der Waals surface area (Å²) < 4.78 is 5.23. The largest absolute Gasteiger partial charge is 0.497 e. The van der Waals surface area contributed by atoms with Crippen molar-refractivity contribution in [2.45, 2.75) is 32.1 Å². The zero-order valence-corrected chi connectivity index (χ0v) is 13.3. The molecule has 2 unspecified atom stereocenters. The smallest absolute Gasteiger partial charge is 0.304 e. The molecule has 2 atom stereocenters. The van der Waals surface area contributed by atoms with Crippen LogP contribution in [0.2, 0.25) is 0 Å². The highest BCUT2D eigenvalue weighted by atomic mass is 16.5. The maximum atomic E-state index is 12.3. The molecule has 0 bridgehead atoms. The van der Waals surface area contributed by atoms with Crippen molar-refractivity contribution in [3.63, 3.8) is 0 Å². The quantitative estimate of drug-likeness (QED) is 0.933. The van der Waals surface area contributed by atoms with Gasteiger partial charge in [-0.2, -0.15) is 0 Å². The molecule has 1 aliphatic rings. The number of rotatable bonds is 4. The molecule has 1 N–H and O–H groups in total. The Bertz CT molecular complexity index is 780. The van der Waals surface area contributed by atoms with E-state index in [0.29, 0.717) is 12.8 Å². The van der Waals surface area contributed by atoms with Crippen LogP contribution in [-0.4, -0.2) is 24.0 Å². The van der Waals surface area contributed by atoms with E-state index >= 15 is 0 Å². The Morgan fingerprint density at radius 1 is 1.26 bits per heavy atom. The van der Waals surface area contributed by atoms with Gasteiger partial charge in [-0.1, -0.05) is 31.2 Å². The molecule has 120 valence electrons. The molecule has 0 radical (unpaired) electrons. The normalized spacial score (nSPS) is 24.1. The minimum atomic E-state index is -0.918. The van der Waals surface area contributed by atoms with Gasteiger partial charge in [0.15, 0.2) is 0 Å². The van der Waals surface area contributed by atoms with Crippen LogP contribution >= 0.6 is 0 Å². The maximum Gasteiger partial charge on any atom is 0.304 e. The average Bonchev–Trinajstić information content (AvgIpc) is 2.80. The number of hydrogen-bond donors (Lipinski definition) is 1. The Balaban J connectivity index is 2.01. The molecule has 1 aliphatic carbocycles. The molecule has 2 aromatic rings. The highest BCUT2D eigenvalue weighted by Crippen LogP contribution is 2.49. The first-order valence-corrected chi connectivity index (χ1v) is 7.77. The minimum Gasteiger partial charge on any atom is -0.497 e. The van der Waals surface area contributed by atoms with E-state index in [4.69, 9.17) is 4.74 Å². The standard InChI is InChI=1S/C19H20O4/c1-19(11-18(21)22)16(7-8-17(19)20)14-4-3-13-10-15(23-2)6-5-12(13)9-14/h3-6,9-10,16H,7-8,11H2,1-2H3,(H,21,22). The van der Waals surface area contributed by atoms with Crippen LogP contribution in [0.15, 0.2) is 36.4 Å². The van der Waals surface area contributed by atoms with Gasteiger partial charge in [0.1, 0.15) is 11.5 Å². The Labute approximate surface area is 135 Å². The molecule has 0 aromatic heterocycles. The lowest BCUT2D eigenvalue weighted by molar-refractivity contribution is -0.143. The summed E-state index contributed by atoms with van der Waals surface area (Å²) >= 11 is 0. The zero-order valence-electron chi connectivity index (χ0n) is 13.3. The number of carboxylic acid groups (broad SMARTS) is 1. The third-order valence-electron chi connectivity index (χ3n) is 5.06. The van der Waals surface area contributed by atoms with Gasteiger partial charge in [-0.25, -0.2) is 0 Å². The van der Waals surface area contributed by atoms with Gasteiger partial charge in [0.25, 0.3) is 0 Å². The number of ether oxygens (including phenoxy) is 1. The summed E-state index contributed by atoms with van der Waals surface area (Å²) in [6, 6.07) is 11.9. The first kappa shape index (κ1) is 15.5. The van der Waals surface area contributed by atoms with Gasteiger partial charge < -0.3 is 9.84 Å². The van der Waals surface area contributed by atoms with Crippen LogP contribution in [0, 0.1) is 5.41 Å². The van der Waals surface area contributed by atoms with Crippen LogP contribution in [0.3, 0.4) is 0 Å². The molecule has 4 heteroatoms. The summed E-state index contributed by atoms with van der Waals surface area (Å²) in [6.45, 7) is 1.79. The van der Waals surface area contributed by atoms with Gasteiger partial charge >= 0.3 is 5.97 Å². The molecule has 0 heterocycles. The molecule has 23 heavy (non-hydrogen) atoms. The molecule has 2 aromatic carbocycles. The second-order valence-corrected chi connectivity index (χ2v) is 6.47. The van der Waals surface area contributed by atoms with Crippen molar-refractivity contribution in [2.24, 2.45) is 5.41 Å². The summed E-state index contributed by atoms with van der Waals surface area (Å²) in [5.41, 5.74) is 0.226. The first-order chi connectivity index (χ1) is 10.9. The Hall–Kier alpha value is -2.36. The van der Waals surface area contributed by atoms with E-state index < -0.39 is 11.4 Å². The molecule has 0 amide bonds. The number of ketones is 1. The lowest BCUT2D eigenvalue weighted by atomic mass is 9.73. The molecule has 1 saturated carbocycles. The number of benzene rings is 2. The van der Waals surface area contributed by atoms with Crippen molar-refractivity contribution in [1.29, 1.82) is 0 Å². The van der Waals surface area contributed by atoms with E-state index in [1.807, 2.05) is 30.3 Å². The molecule has 0 spiro atoms. The predicted molar refractivity (Wildman–Crippen MR) is 87.8 cm³/mol. The molecule has 0 saturated heterocycles. The summed E-state index contributed by atoms with van der Waals surface area (Å²) in [5, 5.41) is 11.3. The van der Waals surface area contributed by atoms with Gasteiger partial charge in [-0.15, -0.1) is 0 Å². The van der Waals surface area contributed by atoms with Crippen LogP contribution in [-0.2, 0) is 9.59 Å². The maximum absolute atomic E-state index is 12.3. The third kappa shape index (κ3) is 2.69. The third-order valence-corrected chi connectivity index (χ3v) is 5.06. The SMILES string of the molecule is COc1ccc2cc(C3CCC(=O)C3(C)CC(=O)O)ccc2c1. The fourth-order valence-corrected chi connectivity index (χ4v) is 3.73. The number of methoxy groups -OCH3 is 1. The molecular formula is C19H20O4. The van der Waals surface area contributed by atoms with Crippen molar-refractivity contribution in [3.8, 4) is 5.75 Å². The average molecular weight is 312 g/mol. The second kappa shape index (κ2) is 5.69. The summed E-state index contributed by atoms with van der Waals surface area (Å²) in [6.07, 6.45) is 1.05. The van der Waals surface area contributed by atoms with Crippen molar-refractivity contribution in [1.82, 2.24) is 0 Å². The van der Waals surface area contributed by atoms with Gasteiger partial charge in [0.2, 0.25) is 0 Å². The topological polar surface area (TPSA) is 63.6 Å². The zero-order chi connectivity index (χ0) is 16.6. The number of aliphatic carboxylic acids is 1. The van der Waals surface area contributed by atoms with Crippen LogP contribution in [0.5, 0.6) is 5.75 Å². The van der Waals surface area contributed by atoms with E-state index in [-0.39, 0.29) is 18.1 Å². The van der Waals surface area contributed by atoms with E-state index in [1.54, 1.807) is 14.0 Å². The van der Waals surface area contributed by atoms with Gasteiger partial charge in [0, 0.05) is 11.8 Å². The summed E-state index contributed by atoms with van der Waals surface area (Å²) in [7, 11) is 1.64. The van der Waals surface area contributed by atoms with Gasteiger partial charge in [-0.05, 0) is 40.8 Å². The number of carbonyl (C=O) groups excluding carboxylic acids is 1. The second-order valence-electron chi connectivity index (χ2n) is 6.47. The molecule has 0 aliphatic heterocycles. The Kier molecular flexibility index (Phi) is 3.84. The Morgan fingerprint density at radius 2 is 1.96 bits per heavy atom. The molecule has 3 rings (SSSR count). The van der Waals surface area contributed by atoms with Gasteiger partial charge in [0.05, 0.1) is 13.5 Å². The van der Waals surface area contributed by atoms with Crippen LogP contribution in [0.25, 0.3) is 10.8 Å². The number of carbonyl (C=O) groups is 2. The van der Waals surface area contributed by atoms with Crippen molar-refractivity contribution in [3.05, 3.63) is 42.0 Å². The van der Waals surface area contributed by atoms with Gasteiger partial charge in [-0.3, -0.25) is 9.59 Å². The van der Waals surface area contributed by atoms with Crippen LogP contribution in [0.4, 0.5) is 0 Å². The molecule has 4 nitrogen and oxygen atoms in total. The van der Waals surface area contributed by atoms with E-state index in [1.165, 1.54) is 0 Å². The highest BCUT2D eigenvalue weighted by Gasteiger charge is 2.47. The predicted octanol–water partition coefficient (Wildman–Crippen LogP) is 3.78. The lowest BCUT2D eigenvalue weighted by Gasteiger charge is -2.29. The Morgan fingerprint density at radius 3 is 2.65 bits per heavy atom. The number of fused-ring (bicyclic) bond motifs is 1. The fourth-order valence-electron chi connectivity index (χ4n) is 3.73. The highest BCUT2D eigenvalue weighted by molar-refractivity contribution is 5.92. The first-order valence-electron chi connectivity index (χ1n) is 7.77. The number of hydrogen-bond acceptors (Lipinski definition) is 3. The van der Waals surface area contributed by atoms with E-state index in [0.717, 1.165) is 22.1 Å². The minimum absolute atomic E-state index is 0.0439. The van der Waals surface area contributed by atoms with Crippen LogP contribution < -0.4 is 4.74 Å². The van der Waals surface area contributed by atoms with Crippen molar-refractivity contribution in [2.75, 3.05) is 7.11 Å². The summed E-state index contributed by atoms with van der Waals surface area (Å²) in [5.74, 6) is -0.104. The molecular weight excluding hydrogens is 292 g/mol. The van der Waals surface area contributed by atoms with Crippen molar-refractivity contribution >= 4 is 22.5 Å². The summed E-state index contributed by atoms with van der Waals surface area (Å²) in [4.78, 5) is 23.5. The van der Waals surface area contributed by atoms with E-state index in [9.17, 15) is 14.7 Å². The van der Waals surface area contributed by atoms with Crippen molar-refractivity contribution < 1.29 is 19.4 Å². The monoisotopic (exact) mass is 312 g/mol. The number of Topliss-reactive ketones (excluding diaryl/α,β-unsaturated/α-hetero) is 1.